The van der Waals surface area contributed by atoms with Crippen molar-refractivity contribution in [2.45, 2.75) is 11.8 Å². The van der Waals surface area contributed by atoms with Crippen molar-refractivity contribution in [2.24, 2.45) is 0 Å². The lowest BCUT2D eigenvalue weighted by Crippen LogP contribution is -2.36. The molecule has 8 heteroatoms. The van der Waals surface area contributed by atoms with Crippen molar-refractivity contribution in [3.63, 3.8) is 0 Å². The molecular formula is C11H17BrN2O4S. The smallest absolute Gasteiger partial charge is 0.243 e. The molecule has 19 heavy (non-hydrogen) atoms. The number of aliphatic hydroxyl groups excluding tert-OH is 2. The number of sulfonamides is 1. The zero-order chi connectivity index (χ0) is 14.6. The number of rotatable bonds is 6. The molecular weight excluding hydrogens is 336 g/mol. The molecule has 0 amide bonds. The Kier molecular flexibility index (Phi) is 5.75. The standard InChI is InChI=1S/C11H17BrN2O4S/c1-8-6-9(12)10(13)7-11(8)19(17,18)14(2-4-15)3-5-16/h6-7,15-16H,2-5,13H2,1H3. The minimum absolute atomic E-state index is 0.0711. The molecule has 0 bridgehead atoms. The van der Waals surface area contributed by atoms with E-state index in [0.717, 1.165) is 4.31 Å². The molecule has 6 nitrogen and oxygen atoms in total. The van der Waals surface area contributed by atoms with Crippen LogP contribution in [0.2, 0.25) is 0 Å². The van der Waals surface area contributed by atoms with Crippen LogP contribution in [-0.4, -0.2) is 49.2 Å². The largest absolute Gasteiger partial charge is 0.398 e. The summed E-state index contributed by atoms with van der Waals surface area (Å²) in [7, 11) is -3.78. The molecule has 4 N–H and O–H groups in total. The summed E-state index contributed by atoms with van der Waals surface area (Å²) in [5.74, 6) is 0. The molecule has 0 fully saturated rings. The van der Waals surface area contributed by atoms with Crippen LogP contribution in [0.3, 0.4) is 0 Å². The van der Waals surface area contributed by atoms with Crippen molar-refractivity contribution in [2.75, 3.05) is 32.0 Å². The monoisotopic (exact) mass is 352 g/mol. The fourth-order valence-corrected chi connectivity index (χ4v) is 3.78. The van der Waals surface area contributed by atoms with E-state index in [1.54, 1.807) is 13.0 Å². The van der Waals surface area contributed by atoms with E-state index < -0.39 is 10.0 Å². The van der Waals surface area contributed by atoms with E-state index in [4.69, 9.17) is 15.9 Å². The molecule has 0 spiro atoms. The number of aliphatic hydroxyl groups is 2. The van der Waals surface area contributed by atoms with Gasteiger partial charge in [-0.3, -0.25) is 0 Å². The number of nitrogen functional groups attached to an aromatic ring is 1. The molecule has 0 aliphatic heterocycles. The Morgan fingerprint density at radius 1 is 1.26 bits per heavy atom. The second-order valence-electron chi connectivity index (χ2n) is 3.99. The normalized spacial score (nSPS) is 12.1. The molecule has 0 atom stereocenters. The third kappa shape index (κ3) is 3.67. The van der Waals surface area contributed by atoms with Gasteiger partial charge in [0.2, 0.25) is 10.0 Å². The minimum atomic E-state index is -3.78. The third-order valence-electron chi connectivity index (χ3n) is 2.61. The SMILES string of the molecule is Cc1cc(Br)c(N)cc1S(=O)(=O)N(CCO)CCO. The molecule has 0 aliphatic carbocycles. The quantitative estimate of drug-likeness (QED) is 0.639. The zero-order valence-electron chi connectivity index (χ0n) is 10.5. The first-order valence-corrected chi connectivity index (χ1v) is 7.85. The Morgan fingerprint density at radius 3 is 2.26 bits per heavy atom. The number of aryl methyl sites for hydroxylation is 1. The molecule has 0 radical (unpaired) electrons. The third-order valence-corrected chi connectivity index (χ3v) is 5.34. The first-order chi connectivity index (χ1) is 8.84. The highest BCUT2D eigenvalue weighted by molar-refractivity contribution is 9.10. The predicted octanol–water partition coefficient (Wildman–Crippen LogP) is 0.315. The highest BCUT2D eigenvalue weighted by Crippen LogP contribution is 2.28. The molecule has 0 unspecified atom stereocenters. The molecule has 1 rings (SSSR count). The van der Waals surface area contributed by atoms with E-state index >= 15 is 0 Å². The molecule has 0 saturated carbocycles. The highest BCUT2D eigenvalue weighted by atomic mass is 79.9. The van der Waals surface area contributed by atoms with E-state index in [0.29, 0.717) is 15.7 Å². The van der Waals surface area contributed by atoms with Gasteiger partial charge in [0.05, 0.1) is 18.1 Å². The maximum atomic E-state index is 12.4. The van der Waals surface area contributed by atoms with Crippen LogP contribution in [0.5, 0.6) is 0 Å². The molecule has 1 aromatic carbocycles. The van der Waals surface area contributed by atoms with Crippen LogP contribution in [0.15, 0.2) is 21.5 Å². The van der Waals surface area contributed by atoms with Crippen LogP contribution < -0.4 is 5.73 Å². The summed E-state index contributed by atoms with van der Waals surface area (Å²) >= 11 is 3.23. The Hall–Kier alpha value is -0.670. The number of nitrogens with two attached hydrogens (primary N) is 1. The zero-order valence-corrected chi connectivity index (χ0v) is 12.9. The maximum Gasteiger partial charge on any atom is 0.243 e. The number of anilines is 1. The van der Waals surface area contributed by atoms with Gasteiger partial charge >= 0.3 is 0 Å². The van der Waals surface area contributed by atoms with Gasteiger partial charge in [0.15, 0.2) is 0 Å². The summed E-state index contributed by atoms with van der Waals surface area (Å²) in [5, 5.41) is 17.8. The van der Waals surface area contributed by atoms with E-state index in [-0.39, 0.29) is 31.2 Å². The fourth-order valence-electron chi connectivity index (χ4n) is 1.66. The van der Waals surface area contributed by atoms with Crippen LogP contribution in [0.1, 0.15) is 5.56 Å². The summed E-state index contributed by atoms with van der Waals surface area (Å²) in [5.41, 5.74) is 6.57. The number of benzene rings is 1. The lowest BCUT2D eigenvalue weighted by atomic mass is 10.2. The topological polar surface area (TPSA) is 104 Å². The predicted molar refractivity (Wildman–Crippen MR) is 76.2 cm³/mol. The molecule has 0 aliphatic rings. The molecule has 1 aromatic rings. The van der Waals surface area contributed by atoms with Gasteiger partial charge in [0.25, 0.3) is 0 Å². The van der Waals surface area contributed by atoms with Crippen molar-refractivity contribution in [3.8, 4) is 0 Å². The van der Waals surface area contributed by atoms with Crippen LogP contribution in [0.25, 0.3) is 0 Å². The highest BCUT2D eigenvalue weighted by Gasteiger charge is 2.26. The number of hydrogen-bond acceptors (Lipinski definition) is 5. The maximum absolute atomic E-state index is 12.4. The second-order valence-corrected chi connectivity index (χ2v) is 6.75. The Balaban J connectivity index is 3.28. The average molecular weight is 353 g/mol. The van der Waals surface area contributed by atoms with Crippen LogP contribution in [-0.2, 0) is 10.0 Å². The number of halogens is 1. The van der Waals surface area contributed by atoms with Crippen molar-refractivity contribution < 1.29 is 18.6 Å². The average Bonchev–Trinajstić information content (AvgIpc) is 2.33. The van der Waals surface area contributed by atoms with Crippen molar-refractivity contribution in [3.05, 3.63) is 22.2 Å². The summed E-state index contributed by atoms with van der Waals surface area (Å²) in [6.45, 7) is 0.887. The van der Waals surface area contributed by atoms with Gasteiger partial charge in [-0.05, 0) is 40.5 Å². The summed E-state index contributed by atoms with van der Waals surface area (Å²) in [6, 6.07) is 2.99. The lowest BCUT2D eigenvalue weighted by Gasteiger charge is -2.21. The van der Waals surface area contributed by atoms with Gasteiger partial charge in [-0.15, -0.1) is 0 Å². The van der Waals surface area contributed by atoms with Gasteiger partial charge in [0.1, 0.15) is 0 Å². The molecule has 0 saturated heterocycles. The van der Waals surface area contributed by atoms with E-state index in [2.05, 4.69) is 15.9 Å². The number of nitrogens with zero attached hydrogens (tertiary/aromatic N) is 1. The van der Waals surface area contributed by atoms with E-state index in [1.807, 2.05) is 0 Å². The second kappa shape index (κ2) is 6.67. The van der Waals surface area contributed by atoms with Gasteiger partial charge in [-0.2, -0.15) is 4.31 Å². The first-order valence-electron chi connectivity index (χ1n) is 5.62. The minimum Gasteiger partial charge on any atom is -0.398 e. The molecule has 108 valence electrons. The van der Waals surface area contributed by atoms with Crippen LogP contribution in [0, 0.1) is 6.92 Å². The summed E-state index contributed by atoms with van der Waals surface area (Å²) in [4.78, 5) is 0.0788. The van der Waals surface area contributed by atoms with Gasteiger partial charge in [0, 0.05) is 23.2 Å². The van der Waals surface area contributed by atoms with Crippen LogP contribution >= 0.6 is 15.9 Å². The Morgan fingerprint density at radius 2 is 1.79 bits per heavy atom. The van der Waals surface area contributed by atoms with Crippen molar-refractivity contribution >= 4 is 31.6 Å². The molecule has 0 aromatic heterocycles. The van der Waals surface area contributed by atoms with Crippen LogP contribution in [0.4, 0.5) is 5.69 Å². The molecule has 0 heterocycles. The van der Waals surface area contributed by atoms with Crippen molar-refractivity contribution in [1.82, 2.24) is 4.31 Å². The Labute approximate surface area is 121 Å². The van der Waals surface area contributed by atoms with Gasteiger partial charge in [-0.1, -0.05) is 0 Å². The fraction of sp³-hybridized carbons (Fsp3) is 0.455. The summed E-state index contributed by atoms with van der Waals surface area (Å²) in [6.07, 6.45) is 0. The van der Waals surface area contributed by atoms with E-state index in [1.165, 1.54) is 6.07 Å². The van der Waals surface area contributed by atoms with Gasteiger partial charge < -0.3 is 15.9 Å². The lowest BCUT2D eigenvalue weighted by molar-refractivity contribution is 0.217. The summed E-state index contributed by atoms with van der Waals surface area (Å²) < 4.78 is 26.5. The number of hydrogen-bond donors (Lipinski definition) is 3. The van der Waals surface area contributed by atoms with Crippen molar-refractivity contribution in [1.29, 1.82) is 0 Å². The Bertz CT molecular complexity index is 542. The van der Waals surface area contributed by atoms with E-state index in [9.17, 15) is 8.42 Å². The first kappa shape index (κ1) is 16.4. The van der Waals surface area contributed by atoms with Gasteiger partial charge in [-0.25, -0.2) is 8.42 Å².